The van der Waals surface area contributed by atoms with Crippen LogP contribution in [0.1, 0.15) is 122 Å². The number of nitrogens with one attached hydrogen (secondary N) is 1. The van der Waals surface area contributed by atoms with Crippen LogP contribution in [-0.4, -0.2) is 61.3 Å². The predicted molar refractivity (Wildman–Crippen MR) is 201 cm³/mol. The van der Waals surface area contributed by atoms with E-state index in [1.165, 1.54) is 42.4 Å². The smallest absolute Gasteiger partial charge is 0.335 e. The highest BCUT2D eigenvalue weighted by molar-refractivity contribution is 5.88. The second-order valence-corrected chi connectivity index (χ2v) is 18.8. The summed E-state index contributed by atoms with van der Waals surface area (Å²) >= 11 is 0. The van der Waals surface area contributed by atoms with Gasteiger partial charge in [-0.1, -0.05) is 65.0 Å². The molecule has 7 rings (SSSR count). The lowest BCUT2D eigenvalue weighted by Gasteiger charge is -2.72. The normalized spacial score (nSPS) is 40.8. The zero-order valence-electron chi connectivity index (χ0n) is 31.9. The summed E-state index contributed by atoms with van der Waals surface area (Å²) in [6, 6.07) is 7.57. The molecule has 9 atom stereocenters. The summed E-state index contributed by atoms with van der Waals surface area (Å²) in [5.74, 6) is 2.00. The van der Waals surface area contributed by atoms with Crippen LogP contribution in [0.15, 0.2) is 42.5 Å². The van der Waals surface area contributed by atoms with Gasteiger partial charge in [0.15, 0.2) is 0 Å². The van der Waals surface area contributed by atoms with E-state index >= 15 is 0 Å². The maximum Gasteiger partial charge on any atom is 0.335 e. The maximum absolute atomic E-state index is 14.5. The number of aromatic carboxylic acids is 1. The molecular formula is C44H64N2O4. The quantitative estimate of drug-likeness (QED) is 0.211. The number of carboxylic acids is 1. The Bertz CT molecular complexity index is 1520. The fourth-order valence-electron chi connectivity index (χ4n) is 13.9. The highest BCUT2D eigenvalue weighted by Crippen LogP contribution is 2.77. The third kappa shape index (κ3) is 5.39. The maximum atomic E-state index is 14.5. The first-order chi connectivity index (χ1) is 23.7. The van der Waals surface area contributed by atoms with E-state index in [0.29, 0.717) is 41.1 Å². The van der Waals surface area contributed by atoms with Crippen molar-refractivity contribution in [2.24, 2.45) is 56.7 Å². The number of allylic oxidation sites excluding steroid dienone is 3. The molecule has 5 fully saturated rings. The Morgan fingerprint density at radius 2 is 1.64 bits per heavy atom. The Labute approximate surface area is 301 Å². The van der Waals surface area contributed by atoms with Gasteiger partial charge in [-0.3, -0.25) is 9.69 Å². The van der Waals surface area contributed by atoms with Gasteiger partial charge >= 0.3 is 5.97 Å². The van der Waals surface area contributed by atoms with Crippen LogP contribution >= 0.6 is 0 Å². The van der Waals surface area contributed by atoms with Gasteiger partial charge in [0.25, 0.3) is 0 Å². The lowest BCUT2D eigenvalue weighted by Crippen LogP contribution is -2.66. The number of carbonyl (C=O) groups excluding carboxylic acids is 1. The van der Waals surface area contributed by atoms with Crippen LogP contribution in [0.2, 0.25) is 0 Å². The van der Waals surface area contributed by atoms with Crippen molar-refractivity contribution in [3.8, 4) is 0 Å². The van der Waals surface area contributed by atoms with Gasteiger partial charge in [-0.25, -0.2) is 4.79 Å². The molecule has 0 spiro atoms. The van der Waals surface area contributed by atoms with E-state index in [4.69, 9.17) is 4.74 Å². The SMILES string of the molecule is C=C(C)[C@@H]1CC[C@]2(C(=O)NCCCN3CCOCC3)CC[C@]3(C)[C@H](CC[C@@H]4[C@@]5(C)CC=C(c6ccc(C(=O)O)cc6)C(C)(C)[C@@H]5CC[C@]43C)[C@@H]12. The van der Waals surface area contributed by atoms with E-state index in [9.17, 15) is 14.7 Å². The minimum absolute atomic E-state index is 0.00505. The van der Waals surface area contributed by atoms with Crippen molar-refractivity contribution in [2.45, 2.75) is 106 Å². The van der Waals surface area contributed by atoms with Gasteiger partial charge < -0.3 is 15.2 Å². The van der Waals surface area contributed by atoms with Gasteiger partial charge in [0, 0.05) is 19.6 Å². The highest BCUT2D eigenvalue weighted by atomic mass is 16.5. The second-order valence-electron chi connectivity index (χ2n) is 18.8. The molecule has 5 aliphatic carbocycles. The molecule has 274 valence electrons. The average molecular weight is 685 g/mol. The summed E-state index contributed by atoms with van der Waals surface area (Å²) in [4.78, 5) is 28.5. The van der Waals surface area contributed by atoms with Gasteiger partial charge in [0.1, 0.15) is 0 Å². The number of morpholine rings is 1. The van der Waals surface area contributed by atoms with Crippen LogP contribution in [0.25, 0.3) is 5.57 Å². The van der Waals surface area contributed by atoms with Crippen LogP contribution in [0.5, 0.6) is 0 Å². The molecule has 0 radical (unpaired) electrons. The van der Waals surface area contributed by atoms with Crippen molar-refractivity contribution in [1.29, 1.82) is 0 Å². The largest absolute Gasteiger partial charge is 0.478 e. The minimum atomic E-state index is -0.871. The molecule has 1 saturated heterocycles. The van der Waals surface area contributed by atoms with E-state index in [1.807, 2.05) is 12.1 Å². The number of hydrogen-bond donors (Lipinski definition) is 2. The first kappa shape index (κ1) is 35.9. The van der Waals surface area contributed by atoms with Crippen molar-refractivity contribution in [3.05, 3.63) is 53.6 Å². The van der Waals surface area contributed by atoms with Gasteiger partial charge in [-0.2, -0.15) is 0 Å². The van der Waals surface area contributed by atoms with Crippen LogP contribution in [-0.2, 0) is 9.53 Å². The number of rotatable bonds is 8. The first-order valence-corrected chi connectivity index (χ1v) is 20.0. The molecular weight excluding hydrogens is 620 g/mol. The summed E-state index contributed by atoms with van der Waals surface area (Å²) in [5.41, 5.74) is 4.52. The van der Waals surface area contributed by atoms with E-state index < -0.39 is 5.97 Å². The number of nitrogens with zero attached hydrogens (tertiary/aromatic N) is 1. The number of carbonyl (C=O) groups is 2. The van der Waals surface area contributed by atoms with Crippen LogP contribution in [0, 0.1) is 56.7 Å². The number of ether oxygens (including phenoxy) is 1. The number of benzene rings is 1. The molecule has 1 amide bonds. The van der Waals surface area contributed by atoms with Gasteiger partial charge in [0.05, 0.1) is 24.2 Å². The molecule has 1 heterocycles. The summed E-state index contributed by atoms with van der Waals surface area (Å²) in [6.45, 7) is 25.1. The number of carboxylic acid groups (broad SMARTS) is 1. The third-order valence-electron chi connectivity index (χ3n) is 16.6. The fourth-order valence-corrected chi connectivity index (χ4v) is 13.9. The molecule has 6 nitrogen and oxygen atoms in total. The molecule has 4 saturated carbocycles. The summed E-state index contributed by atoms with van der Waals surface area (Å²) in [7, 11) is 0. The third-order valence-corrected chi connectivity index (χ3v) is 16.6. The van der Waals surface area contributed by atoms with Crippen LogP contribution in [0.4, 0.5) is 0 Å². The number of hydrogen-bond acceptors (Lipinski definition) is 4. The molecule has 1 aromatic rings. The number of fused-ring (bicyclic) bond motifs is 7. The monoisotopic (exact) mass is 684 g/mol. The van der Waals surface area contributed by atoms with Crippen molar-refractivity contribution < 1.29 is 19.4 Å². The van der Waals surface area contributed by atoms with E-state index in [0.717, 1.165) is 77.9 Å². The number of amides is 1. The van der Waals surface area contributed by atoms with Crippen molar-refractivity contribution in [1.82, 2.24) is 10.2 Å². The first-order valence-electron chi connectivity index (χ1n) is 20.0. The summed E-state index contributed by atoms with van der Waals surface area (Å²) in [5, 5.41) is 13.0. The Morgan fingerprint density at radius 1 is 0.920 bits per heavy atom. The standard InChI is InChI=1S/C44H64N2O4/c1-29(2)32-15-20-44(39(49)45-23-8-24-46-25-27-50-28-26-46)22-21-42(6)34(37(32)44)13-14-36-41(5)18-16-33(30-9-11-31(12-10-30)38(47)48)40(3,4)35(41)17-19-43(36,42)7/h9-12,16,32,34-37H,1,8,13-15,17-28H2,2-7H3,(H,45,49)(H,47,48)/t32-,34+,35-,36+,37+,41-,42+,43+,44-/m0/s1. The Morgan fingerprint density at radius 3 is 2.32 bits per heavy atom. The molecule has 1 aliphatic heterocycles. The molecule has 50 heavy (non-hydrogen) atoms. The average Bonchev–Trinajstić information content (AvgIpc) is 3.49. The Kier molecular flexibility index (Phi) is 9.27. The van der Waals surface area contributed by atoms with Gasteiger partial charge in [0.2, 0.25) is 5.91 Å². The fraction of sp³-hybridized carbons (Fsp3) is 0.727. The molecule has 6 aliphatic rings. The van der Waals surface area contributed by atoms with Crippen molar-refractivity contribution >= 4 is 17.4 Å². The summed E-state index contributed by atoms with van der Waals surface area (Å²) in [6.07, 6.45) is 13.8. The summed E-state index contributed by atoms with van der Waals surface area (Å²) < 4.78 is 5.53. The molecule has 1 aromatic carbocycles. The highest BCUT2D eigenvalue weighted by Gasteiger charge is 2.71. The predicted octanol–water partition coefficient (Wildman–Crippen LogP) is 8.87. The molecule has 0 bridgehead atoms. The van der Waals surface area contributed by atoms with Crippen molar-refractivity contribution in [2.75, 3.05) is 39.4 Å². The van der Waals surface area contributed by atoms with E-state index in [2.05, 4.69) is 64.4 Å². The zero-order valence-corrected chi connectivity index (χ0v) is 31.9. The molecule has 0 unspecified atom stereocenters. The molecule has 2 N–H and O–H groups in total. The topological polar surface area (TPSA) is 78.9 Å². The zero-order chi connectivity index (χ0) is 35.7. The lowest BCUT2D eigenvalue weighted by molar-refractivity contribution is -0.225. The van der Waals surface area contributed by atoms with Crippen LogP contribution < -0.4 is 5.32 Å². The molecule has 6 heteroatoms. The Balaban J connectivity index is 1.14. The van der Waals surface area contributed by atoms with E-state index in [1.54, 1.807) is 12.1 Å². The lowest BCUT2D eigenvalue weighted by atomic mass is 9.32. The van der Waals surface area contributed by atoms with Crippen molar-refractivity contribution in [3.63, 3.8) is 0 Å². The Hall–Kier alpha value is -2.44. The van der Waals surface area contributed by atoms with Gasteiger partial charge in [-0.05, 0) is 152 Å². The van der Waals surface area contributed by atoms with Crippen LogP contribution in [0.3, 0.4) is 0 Å². The van der Waals surface area contributed by atoms with E-state index in [-0.39, 0.29) is 27.1 Å². The van der Waals surface area contributed by atoms with Gasteiger partial charge in [-0.15, -0.1) is 0 Å². The second kappa shape index (κ2) is 12.9. The molecule has 0 aromatic heterocycles. The minimum Gasteiger partial charge on any atom is -0.478 e.